The topological polar surface area (TPSA) is 9.72 Å². The molecule has 0 saturated carbocycles. The summed E-state index contributed by atoms with van der Waals surface area (Å²) in [5, 5.41) is 0. The Bertz CT molecular complexity index is 2970. The molecule has 0 aromatic heterocycles. The van der Waals surface area contributed by atoms with Gasteiger partial charge in [-0.15, -0.1) is 0 Å². The summed E-state index contributed by atoms with van der Waals surface area (Å²) in [6, 6.07) is 60.1. The second-order valence-electron chi connectivity index (χ2n) is 22.0. The second kappa shape index (κ2) is 14.6. The Kier molecular flexibility index (Phi) is 9.55. The van der Waals surface area contributed by atoms with Gasteiger partial charge in [-0.25, -0.2) is 0 Å². The van der Waals surface area contributed by atoms with Gasteiger partial charge in [0.15, 0.2) is 0 Å². The molecule has 0 atom stereocenters. The fraction of sp³-hybridized carbons (Fsp3) is 0.267. The largest absolute Gasteiger partial charge is 0.336 e. The molecule has 0 unspecified atom stereocenters. The summed E-state index contributed by atoms with van der Waals surface area (Å²) in [5.74, 6) is 0. The van der Waals surface area contributed by atoms with Crippen LogP contribution in [-0.2, 0) is 16.2 Å². The molecule has 0 amide bonds. The van der Waals surface area contributed by atoms with Crippen molar-refractivity contribution in [1.82, 2.24) is 0 Å². The Morgan fingerprint density at radius 1 is 0.500 bits per heavy atom. The van der Waals surface area contributed by atoms with Gasteiger partial charge in [0.1, 0.15) is 0 Å². The van der Waals surface area contributed by atoms with E-state index in [-0.39, 0.29) is 28.5 Å². The van der Waals surface area contributed by atoms with E-state index in [1.54, 1.807) is 0 Å². The van der Waals surface area contributed by atoms with Crippen molar-refractivity contribution in [3.05, 3.63) is 191 Å². The molecule has 0 fully saturated rings. The highest BCUT2D eigenvalue weighted by Gasteiger charge is 2.53. The number of rotatable bonds is 5. The lowest BCUT2D eigenvalue weighted by molar-refractivity contribution is 0.559. The van der Waals surface area contributed by atoms with Gasteiger partial charge < -0.3 is 14.7 Å². The van der Waals surface area contributed by atoms with Crippen LogP contribution in [0.15, 0.2) is 163 Å². The average Bonchev–Trinajstić information content (AvgIpc) is 3.49. The molecule has 4 heteroatoms. The molecule has 7 aromatic carbocycles. The van der Waals surface area contributed by atoms with Crippen molar-refractivity contribution >= 4 is 63.1 Å². The third kappa shape index (κ3) is 6.71. The molecule has 0 bridgehead atoms. The van der Waals surface area contributed by atoms with Gasteiger partial charge in [0.2, 0.25) is 6.71 Å². The Labute approximate surface area is 383 Å². The minimum Gasteiger partial charge on any atom is -0.336 e. The van der Waals surface area contributed by atoms with Crippen LogP contribution in [0.25, 0.3) is 16.8 Å². The van der Waals surface area contributed by atoms with Crippen LogP contribution >= 0.6 is 0 Å². The van der Waals surface area contributed by atoms with E-state index in [1.165, 1.54) is 95.2 Å². The van der Waals surface area contributed by atoms with E-state index in [9.17, 15) is 0 Å². The number of nitrogens with zero attached hydrogens (tertiary/aromatic N) is 3. The average molecular weight is 836 g/mol. The SMILES string of the molecule is Cc1cc2c3c(c1)N(c1ccccc1)c1cc(N(c4ccc(C(C)(C)C)cc4)C(C)(C)C)ccc1B3C1=C(c3ccccc3C1(C)C)N2c1cccc(-c2ccc(C(C)(C)C)cc2)c1. The highest BCUT2D eigenvalue weighted by atomic mass is 15.2. The standard InChI is InChI=1S/C60H62BN3/c1-39-35-52-54-53(36-39)63(46-22-18-19-41(37-46)40-25-27-42(28-26-40)57(2,3)4)55-48-23-16-17-24-49(48)60(11,12)56(55)61(54)50-34-33-47(38-51(50)62(52)44-20-14-13-15-21-44)64(59(8,9)10)45-31-29-43(30-32-45)58(5,6)7/h13-38H,1-12H3. The summed E-state index contributed by atoms with van der Waals surface area (Å²) in [6.07, 6.45) is 0. The molecule has 0 N–H and O–H groups in total. The Hall–Kier alpha value is -6.26. The zero-order valence-electron chi connectivity index (χ0n) is 39.9. The molecule has 0 spiro atoms. The molecule has 0 radical (unpaired) electrons. The van der Waals surface area contributed by atoms with Gasteiger partial charge in [0, 0.05) is 62.0 Å². The monoisotopic (exact) mass is 836 g/mol. The van der Waals surface area contributed by atoms with Crippen LogP contribution in [0.2, 0.25) is 0 Å². The van der Waals surface area contributed by atoms with E-state index < -0.39 is 0 Å². The lowest BCUT2D eigenvalue weighted by Gasteiger charge is -2.46. The zero-order chi connectivity index (χ0) is 45.1. The van der Waals surface area contributed by atoms with Crippen molar-refractivity contribution in [3.63, 3.8) is 0 Å². The van der Waals surface area contributed by atoms with Crippen molar-refractivity contribution in [2.45, 2.75) is 105 Å². The van der Waals surface area contributed by atoms with Gasteiger partial charge in [0.05, 0.1) is 0 Å². The quantitative estimate of drug-likeness (QED) is 0.160. The molecular formula is C60H62BN3. The number of hydrogen-bond donors (Lipinski definition) is 0. The lowest BCUT2D eigenvalue weighted by Crippen LogP contribution is -2.57. The number of hydrogen-bond acceptors (Lipinski definition) is 3. The lowest BCUT2D eigenvalue weighted by atomic mass is 9.30. The van der Waals surface area contributed by atoms with Gasteiger partial charge in [-0.1, -0.05) is 158 Å². The summed E-state index contributed by atoms with van der Waals surface area (Å²) >= 11 is 0. The predicted octanol–water partition coefficient (Wildman–Crippen LogP) is 15.0. The Balaban J connectivity index is 1.23. The minimum absolute atomic E-state index is 0.0329. The molecule has 1 aliphatic carbocycles. The Morgan fingerprint density at radius 3 is 1.72 bits per heavy atom. The van der Waals surface area contributed by atoms with E-state index in [4.69, 9.17) is 0 Å². The molecule has 3 aliphatic rings. The molecule has 2 heterocycles. The third-order valence-corrected chi connectivity index (χ3v) is 14.0. The van der Waals surface area contributed by atoms with Gasteiger partial charge in [-0.2, -0.15) is 0 Å². The van der Waals surface area contributed by atoms with Gasteiger partial charge in [-0.05, 0) is 143 Å². The molecular weight excluding hydrogens is 773 g/mol. The van der Waals surface area contributed by atoms with Crippen LogP contribution in [0.5, 0.6) is 0 Å². The van der Waals surface area contributed by atoms with Crippen LogP contribution in [-0.4, -0.2) is 12.3 Å². The number of benzene rings is 7. The first-order valence-corrected chi connectivity index (χ1v) is 23.2. The van der Waals surface area contributed by atoms with Crippen LogP contribution in [0.4, 0.5) is 39.8 Å². The van der Waals surface area contributed by atoms with E-state index in [1.807, 2.05) is 0 Å². The van der Waals surface area contributed by atoms with Crippen molar-refractivity contribution in [3.8, 4) is 11.1 Å². The molecule has 320 valence electrons. The maximum Gasteiger partial charge on any atom is 0.248 e. The zero-order valence-corrected chi connectivity index (χ0v) is 39.9. The summed E-state index contributed by atoms with van der Waals surface area (Å²) < 4.78 is 0. The fourth-order valence-electron chi connectivity index (χ4n) is 10.9. The maximum absolute atomic E-state index is 2.61. The van der Waals surface area contributed by atoms with Crippen molar-refractivity contribution in [2.24, 2.45) is 0 Å². The Morgan fingerprint density at radius 2 is 1.08 bits per heavy atom. The van der Waals surface area contributed by atoms with Crippen LogP contribution in [0.3, 0.4) is 0 Å². The predicted molar refractivity (Wildman–Crippen MR) is 277 cm³/mol. The van der Waals surface area contributed by atoms with Gasteiger partial charge in [-0.3, -0.25) is 0 Å². The molecule has 0 saturated heterocycles. The number of anilines is 7. The van der Waals surface area contributed by atoms with Crippen molar-refractivity contribution in [1.29, 1.82) is 0 Å². The first-order chi connectivity index (χ1) is 30.3. The minimum atomic E-state index is -0.244. The van der Waals surface area contributed by atoms with Gasteiger partial charge >= 0.3 is 0 Å². The molecule has 2 aliphatic heterocycles. The molecule has 64 heavy (non-hydrogen) atoms. The van der Waals surface area contributed by atoms with E-state index in [0.717, 1.165) is 5.69 Å². The molecule has 10 rings (SSSR count). The smallest absolute Gasteiger partial charge is 0.248 e. The van der Waals surface area contributed by atoms with Crippen molar-refractivity contribution in [2.75, 3.05) is 14.7 Å². The highest BCUT2D eigenvalue weighted by Crippen LogP contribution is 2.56. The maximum atomic E-state index is 2.61. The van der Waals surface area contributed by atoms with Gasteiger partial charge in [0.25, 0.3) is 0 Å². The second-order valence-corrected chi connectivity index (χ2v) is 22.0. The number of para-hydroxylation sites is 1. The molecule has 7 aromatic rings. The van der Waals surface area contributed by atoms with E-state index >= 15 is 0 Å². The van der Waals surface area contributed by atoms with Crippen LogP contribution < -0.4 is 25.6 Å². The third-order valence-electron chi connectivity index (χ3n) is 14.0. The summed E-state index contributed by atoms with van der Waals surface area (Å²) in [5.41, 5.74) is 22.7. The first-order valence-electron chi connectivity index (χ1n) is 23.2. The fourth-order valence-corrected chi connectivity index (χ4v) is 10.9. The number of fused-ring (bicyclic) bond motifs is 5. The highest BCUT2D eigenvalue weighted by molar-refractivity contribution is 6.96. The molecule has 3 nitrogen and oxygen atoms in total. The van der Waals surface area contributed by atoms with Crippen LogP contribution in [0.1, 0.15) is 104 Å². The first kappa shape index (κ1) is 41.7. The normalized spacial score (nSPS) is 15.2. The summed E-state index contributed by atoms with van der Waals surface area (Å²) in [4.78, 5) is 7.69. The van der Waals surface area contributed by atoms with Crippen molar-refractivity contribution < 1.29 is 0 Å². The van der Waals surface area contributed by atoms with E-state index in [2.05, 4.69) is 256 Å². The number of aryl methyl sites for hydroxylation is 1. The van der Waals surface area contributed by atoms with E-state index in [0.29, 0.717) is 0 Å². The number of allylic oxidation sites excluding steroid dienone is 1. The van der Waals surface area contributed by atoms with Crippen LogP contribution in [0, 0.1) is 6.92 Å². The summed E-state index contributed by atoms with van der Waals surface area (Å²) in [6.45, 7) is 27.9. The summed E-state index contributed by atoms with van der Waals surface area (Å²) in [7, 11) is 0.